The number of nitrogens with one attached hydrogen (secondary N) is 2. The van der Waals surface area contributed by atoms with Gasteiger partial charge in [0.1, 0.15) is 0 Å². The first kappa shape index (κ1) is 17.4. The number of rotatable bonds is 4. The van der Waals surface area contributed by atoms with Crippen LogP contribution in [0.5, 0.6) is 0 Å². The van der Waals surface area contributed by atoms with Crippen molar-refractivity contribution in [2.45, 2.75) is 52.1 Å². The zero-order chi connectivity index (χ0) is 16.9. The van der Waals surface area contributed by atoms with Gasteiger partial charge in [0, 0.05) is 23.5 Å². The molecule has 1 aromatic carbocycles. The summed E-state index contributed by atoms with van der Waals surface area (Å²) in [4.78, 5) is 4.53. The lowest BCUT2D eigenvalue weighted by atomic mass is 9.86. The molecule has 128 valence electrons. The van der Waals surface area contributed by atoms with Crippen LogP contribution in [0.2, 0.25) is 0 Å². The number of aryl methyl sites for hydroxylation is 1. The summed E-state index contributed by atoms with van der Waals surface area (Å²) in [5, 5.41) is 10.8. The molecule has 2 N–H and O–H groups in total. The first-order valence-corrected chi connectivity index (χ1v) is 9.96. The highest BCUT2D eigenvalue weighted by atomic mass is 32.1. The van der Waals surface area contributed by atoms with Gasteiger partial charge >= 0.3 is 0 Å². The van der Waals surface area contributed by atoms with Crippen molar-refractivity contribution in [3.8, 4) is 11.3 Å². The molecule has 3 nitrogen and oxygen atoms in total. The Morgan fingerprint density at radius 2 is 2.00 bits per heavy atom. The minimum Gasteiger partial charge on any atom is -0.360 e. The van der Waals surface area contributed by atoms with Crippen LogP contribution in [-0.2, 0) is 6.54 Å². The average Bonchev–Trinajstić information content (AvgIpc) is 3.02. The Labute approximate surface area is 153 Å². The van der Waals surface area contributed by atoms with Gasteiger partial charge in [-0.15, -0.1) is 11.3 Å². The first-order chi connectivity index (χ1) is 11.6. The molecule has 1 aromatic heterocycles. The highest BCUT2D eigenvalue weighted by molar-refractivity contribution is 7.80. The van der Waals surface area contributed by atoms with Crippen molar-refractivity contribution in [3.63, 3.8) is 0 Å². The molecule has 1 aliphatic rings. The molecule has 2 atom stereocenters. The van der Waals surface area contributed by atoms with E-state index in [-0.39, 0.29) is 0 Å². The van der Waals surface area contributed by atoms with Crippen molar-refractivity contribution in [2.24, 2.45) is 5.92 Å². The Bertz CT molecular complexity index is 678. The third-order valence-corrected chi connectivity index (χ3v) is 5.79. The zero-order valence-corrected chi connectivity index (χ0v) is 16.0. The molecule has 0 radical (unpaired) electrons. The molecule has 5 heteroatoms. The molecule has 1 heterocycles. The Hall–Kier alpha value is -1.46. The maximum Gasteiger partial charge on any atom is 0.166 e. The number of nitrogens with zero attached hydrogens (tertiary/aromatic N) is 1. The average molecular weight is 360 g/mol. The summed E-state index contributed by atoms with van der Waals surface area (Å²) in [7, 11) is 0. The summed E-state index contributed by atoms with van der Waals surface area (Å²) in [6, 6.07) is 9.07. The van der Waals surface area contributed by atoms with Crippen molar-refractivity contribution < 1.29 is 0 Å². The summed E-state index contributed by atoms with van der Waals surface area (Å²) in [6.45, 7) is 5.11. The summed E-state index contributed by atoms with van der Waals surface area (Å²) in [6.07, 6.45) is 5.19. The van der Waals surface area contributed by atoms with Gasteiger partial charge in [-0.25, -0.2) is 4.98 Å². The van der Waals surface area contributed by atoms with Crippen molar-refractivity contribution in [1.82, 2.24) is 15.6 Å². The van der Waals surface area contributed by atoms with Crippen molar-refractivity contribution in [2.75, 3.05) is 0 Å². The second-order valence-corrected chi connectivity index (χ2v) is 8.11. The van der Waals surface area contributed by atoms with Crippen LogP contribution in [0.4, 0.5) is 0 Å². The molecule has 0 amide bonds. The van der Waals surface area contributed by atoms with Crippen molar-refractivity contribution in [1.29, 1.82) is 0 Å². The quantitative estimate of drug-likeness (QED) is 0.779. The number of benzene rings is 1. The molecule has 0 aliphatic heterocycles. The highest BCUT2D eigenvalue weighted by Crippen LogP contribution is 2.24. The van der Waals surface area contributed by atoms with Gasteiger partial charge in [0.2, 0.25) is 0 Å². The van der Waals surface area contributed by atoms with Crippen LogP contribution in [0.15, 0.2) is 29.6 Å². The van der Waals surface area contributed by atoms with Crippen molar-refractivity contribution in [3.05, 3.63) is 40.2 Å². The first-order valence-electron chi connectivity index (χ1n) is 8.67. The van der Waals surface area contributed by atoms with Crippen LogP contribution in [0.25, 0.3) is 11.3 Å². The fourth-order valence-electron chi connectivity index (χ4n) is 3.22. The van der Waals surface area contributed by atoms with E-state index in [0.29, 0.717) is 12.0 Å². The number of hydrogen-bond donors (Lipinski definition) is 2. The smallest absolute Gasteiger partial charge is 0.166 e. The summed E-state index contributed by atoms with van der Waals surface area (Å²) in [5.41, 5.74) is 3.45. The minimum atomic E-state index is 0.522. The van der Waals surface area contributed by atoms with E-state index in [9.17, 15) is 0 Å². The predicted molar refractivity (Wildman–Crippen MR) is 106 cm³/mol. The van der Waals surface area contributed by atoms with Gasteiger partial charge in [-0.1, -0.05) is 44.0 Å². The zero-order valence-electron chi connectivity index (χ0n) is 14.3. The van der Waals surface area contributed by atoms with Gasteiger partial charge in [-0.3, -0.25) is 0 Å². The molecule has 3 rings (SSSR count). The Morgan fingerprint density at radius 1 is 1.25 bits per heavy atom. The molecular formula is C19H25N3S2. The maximum atomic E-state index is 5.46. The topological polar surface area (TPSA) is 37.0 Å². The number of hydrogen-bond acceptors (Lipinski definition) is 3. The van der Waals surface area contributed by atoms with Crippen LogP contribution in [0.1, 0.15) is 43.2 Å². The number of thiocarbonyl (C=S) groups is 1. The SMILES string of the molecule is Cc1nc(-c2ccc(CNC(=S)N[C@H]3CCCC[C@H]3C)cc2)cs1. The predicted octanol–water partition coefficient (Wildman–Crippen LogP) is 4.66. The number of aromatic nitrogens is 1. The van der Waals surface area contributed by atoms with Crippen molar-refractivity contribution >= 4 is 28.7 Å². The summed E-state index contributed by atoms with van der Waals surface area (Å²) < 4.78 is 0. The second-order valence-electron chi connectivity index (χ2n) is 6.64. The molecule has 0 spiro atoms. The molecule has 1 aliphatic carbocycles. The lowest BCUT2D eigenvalue weighted by Gasteiger charge is -2.30. The molecule has 2 aromatic rings. The largest absolute Gasteiger partial charge is 0.360 e. The van der Waals surface area contributed by atoms with Gasteiger partial charge in [-0.2, -0.15) is 0 Å². The third kappa shape index (κ3) is 4.54. The normalized spacial score (nSPS) is 20.6. The molecule has 0 unspecified atom stereocenters. The van der Waals surface area contributed by atoms with E-state index in [1.54, 1.807) is 11.3 Å². The molecule has 1 saturated carbocycles. The molecule has 24 heavy (non-hydrogen) atoms. The van der Waals surface area contributed by atoms with Gasteiger partial charge in [0.15, 0.2) is 5.11 Å². The van der Waals surface area contributed by atoms with Crippen LogP contribution < -0.4 is 10.6 Å². The van der Waals surface area contributed by atoms with E-state index in [4.69, 9.17) is 12.2 Å². The lowest BCUT2D eigenvalue weighted by molar-refractivity contribution is 0.308. The maximum absolute atomic E-state index is 5.46. The molecular weight excluding hydrogens is 334 g/mol. The minimum absolute atomic E-state index is 0.522. The fourth-order valence-corrected chi connectivity index (χ4v) is 4.07. The van der Waals surface area contributed by atoms with Gasteiger partial charge < -0.3 is 10.6 Å². The van der Waals surface area contributed by atoms with Gasteiger partial charge in [-0.05, 0) is 43.5 Å². The molecule has 0 bridgehead atoms. The lowest BCUT2D eigenvalue weighted by Crippen LogP contribution is -2.45. The Kier molecular flexibility index (Phi) is 5.85. The van der Waals surface area contributed by atoms with Crippen LogP contribution in [-0.4, -0.2) is 16.1 Å². The van der Waals surface area contributed by atoms with Crippen LogP contribution in [0, 0.1) is 12.8 Å². The standard InChI is InChI=1S/C19H25N3S2/c1-13-5-3-4-6-17(13)22-19(23)20-11-15-7-9-16(10-8-15)18-12-24-14(2)21-18/h7-10,12-13,17H,3-6,11H2,1-2H3,(H2,20,22,23)/t13-,17+/m1/s1. The van der Waals surface area contributed by atoms with E-state index >= 15 is 0 Å². The number of thiazole rings is 1. The highest BCUT2D eigenvalue weighted by Gasteiger charge is 2.21. The molecule has 1 fully saturated rings. The van der Waals surface area contributed by atoms with E-state index in [1.165, 1.54) is 36.8 Å². The summed E-state index contributed by atoms with van der Waals surface area (Å²) >= 11 is 7.15. The third-order valence-electron chi connectivity index (χ3n) is 4.75. The van der Waals surface area contributed by atoms with Gasteiger partial charge in [0.05, 0.1) is 10.7 Å². The molecule has 0 saturated heterocycles. The van der Waals surface area contributed by atoms with Crippen LogP contribution in [0.3, 0.4) is 0 Å². The van der Waals surface area contributed by atoms with E-state index in [0.717, 1.165) is 22.4 Å². The second kappa shape index (κ2) is 8.08. The monoisotopic (exact) mass is 359 g/mol. The fraction of sp³-hybridized carbons (Fsp3) is 0.474. The Balaban J connectivity index is 1.50. The van der Waals surface area contributed by atoms with E-state index in [1.807, 2.05) is 6.92 Å². The van der Waals surface area contributed by atoms with Gasteiger partial charge in [0.25, 0.3) is 0 Å². The van der Waals surface area contributed by atoms with Crippen LogP contribution >= 0.6 is 23.6 Å². The Morgan fingerprint density at radius 3 is 2.67 bits per heavy atom. The van der Waals surface area contributed by atoms with E-state index in [2.05, 4.69) is 52.2 Å². The summed E-state index contributed by atoms with van der Waals surface area (Å²) in [5.74, 6) is 0.708. The van der Waals surface area contributed by atoms with E-state index < -0.39 is 0 Å².